The van der Waals surface area contributed by atoms with Gasteiger partial charge in [0, 0.05) is 17.7 Å². The van der Waals surface area contributed by atoms with Crippen LogP contribution in [0.5, 0.6) is 11.5 Å². The molecule has 4 N–H and O–H groups in total. The predicted molar refractivity (Wildman–Crippen MR) is 95.0 cm³/mol. The molecule has 0 aliphatic carbocycles. The van der Waals surface area contributed by atoms with Gasteiger partial charge < -0.3 is 9.84 Å². The summed E-state index contributed by atoms with van der Waals surface area (Å²) in [7, 11) is -4.07. The van der Waals surface area contributed by atoms with Gasteiger partial charge in [0.25, 0.3) is 5.69 Å². The van der Waals surface area contributed by atoms with Gasteiger partial charge in [0.05, 0.1) is 22.6 Å². The number of phenols is 1. The highest BCUT2D eigenvalue weighted by Gasteiger charge is 2.18. The van der Waals surface area contributed by atoms with Gasteiger partial charge in [-0.2, -0.15) is 5.10 Å². The Balaban J connectivity index is 2.24. The van der Waals surface area contributed by atoms with Crippen LogP contribution in [0.15, 0.2) is 46.4 Å². The Morgan fingerprint density at radius 1 is 1.35 bits per heavy atom. The van der Waals surface area contributed by atoms with Crippen molar-refractivity contribution < 1.29 is 23.2 Å². The number of primary sulfonamides is 1. The summed E-state index contributed by atoms with van der Waals surface area (Å²) in [5.74, 6) is 0.407. The van der Waals surface area contributed by atoms with Crippen LogP contribution >= 0.6 is 0 Å². The number of aromatic hydroxyl groups is 1. The number of rotatable bonds is 7. The number of hydrogen-bond acceptors (Lipinski definition) is 8. The minimum atomic E-state index is -4.07. The van der Waals surface area contributed by atoms with E-state index in [2.05, 4.69) is 10.5 Å². The normalized spacial score (nSPS) is 11.5. The van der Waals surface area contributed by atoms with E-state index in [1.54, 1.807) is 12.1 Å². The maximum absolute atomic E-state index is 11.3. The van der Waals surface area contributed by atoms with Crippen LogP contribution in [0.4, 0.5) is 11.4 Å². The van der Waals surface area contributed by atoms with Crippen LogP contribution in [0, 0.1) is 10.1 Å². The van der Waals surface area contributed by atoms with Crippen LogP contribution in [0.2, 0.25) is 0 Å². The molecule has 0 fully saturated rings. The van der Waals surface area contributed by atoms with E-state index < -0.39 is 20.6 Å². The van der Waals surface area contributed by atoms with Gasteiger partial charge in [-0.1, -0.05) is 0 Å². The second kappa shape index (κ2) is 7.80. The Kier molecular flexibility index (Phi) is 5.75. The number of nitro benzene ring substituents is 1. The fourth-order valence-electron chi connectivity index (χ4n) is 1.99. The van der Waals surface area contributed by atoms with Crippen molar-refractivity contribution in [1.82, 2.24) is 0 Å². The molecule has 0 amide bonds. The van der Waals surface area contributed by atoms with Gasteiger partial charge in [0.2, 0.25) is 10.0 Å². The molecule has 0 unspecified atom stereocenters. The summed E-state index contributed by atoms with van der Waals surface area (Å²) in [5.41, 5.74) is 2.24. The van der Waals surface area contributed by atoms with Crippen molar-refractivity contribution in [3.05, 3.63) is 52.1 Å². The molecule has 2 rings (SSSR count). The largest absolute Gasteiger partial charge is 0.507 e. The minimum absolute atomic E-state index is 0.0379. The Hall–Kier alpha value is -3.18. The van der Waals surface area contributed by atoms with E-state index in [-0.39, 0.29) is 16.3 Å². The zero-order valence-electron chi connectivity index (χ0n) is 13.6. The molecule has 2 aromatic rings. The van der Waals surface area contributed by atoms with E-state index in [4.69, 9.17) is 9.88 Å². The molecule has 0 aromatic heterocycles. The summed E-state index contributed by atoms with van der Waals surface area (Å²) in [5, 5.41) is 29.8. The highest BCUT2D eigenvalue weighted by molar-refractivity contribution is 7.89. The van der Waals surface area contributed by atoms with Crippen LogP contribution in [0.3, 0.4) is 0 Å². The lowest BCUT2D eigenvalue weighted by molar-refractivity contribution is -0.384. The van der Waals surface area contributed by atoms with Crippen molar-refractivity contribution in [3.63, 3.8) is 0 Å². The molecule has 0 radical (unpaired) electrons. The average molecular weight is 380 g/mol. The molecular weight excluding hydrogens is 364 g/mol. The topological polar surface area (TPSA) is 157 Å². The number of nitro groups is 1. The lowest BCUT2D eigenvalue weighted by Crippen LogP contribution is -2.12. The standard InChI is InChI=1S/C15H16N4O6S/c1-2-25-11-4-3-10(15(20)7-11)9-17-18-13-6-5-12(26(16,23)24)8-14(13)19(21)22/h3-9,18,20H,2H2,1H3,(H2,16,23,24). The Morgan fingerprint density at radius 2 is 2.08 bits per heavy atom. The molecule has 10 nitrogen and oxygen atoms in total. The van der Waals surface area contributed by atoms with Crippen molar-refractivity contribution in [1.29, 1.82) is 0 Å². The maximum Gasteiger partial charge on any atom is 0.295 e. The van der Waals surface area contributed by atoms with Gasteiger partial charge >= 0.3 is 0 Å². The van der Waals surface area contributed by atoms with E-state index in [1.165, 1.54) is 18.3 Å². The molecule has 0 aliphatic rings. The summed E-state index contributed by atoms with van der Waals surface area (Å²) < 4.78 is 27.8. The van der Waals surface area contributed by atoms with E-state index >= 15 is 0 Å². The Morgan fingerprint density at radius 3 is 2.65 bits per heavy atom. The number of nitrogens with one attached hydrogen (secondary N) is 1. The predicted octanol–water partition coefficient (Wildman–Crippen LogP) is 1.79. The molecular formula is C15H16N4O6S. The summed E-state index contributed by atoms with van der Waals surface area (Å²) in [6.07, 6.45) is 1.25. The number of sulfonamides is 1. The van der Waals surface area contributed by atoms with Crippen molar-refractivity contribution in [2.24, 2.45) is 10.2 Å². The van der Waals surface area contributed by atoms with Crippen LogP contribution in [-0.2, 0) is 10.0 Å². The van der Waals surface area contributed by atoms with Crippen molar-refractivity contribution in [2.75, 3.05) is 12.0 Å². The summed E-state index contributed by atoms with van der Waals surface area (Å²) in [4.78, 5) is 9.96. The zero-order chi connectivity index (χ0) is 19.3. The molecule has 0 spiro atoms. The first kappa shape index (κ1) is 19.1. The third-order valence-electron chi connectivity index (χ3n) is 3.20. The van der Waals surface area contributed by atoms with Gasteiger partial charge in [-0.05, 0) is 31.2 Å². The highest BCUT2D eigenvalue weighted by Crippen LogP contribution is 2.27. The van der Waals surface area contributed by atoms with Crippen LogP contribution in [0.1, 0.15) is 12.5 Å². The minimum Gasteiger partial charge on any atom is -0.507 e. The second-order valence-electron chi connectivity index (χ2n) is 5.00. The van der Waals surface area contributed by atoms with Crippen LogP contribution in [-0.4, -0.2) is 31.3 Å². The molecule has 0 aliphatic heterocycles. The molecule has 0 saturated carbocycles. The number of hydrogen-bond donors (Lipinski definition) is 3. The second-order valence-corrected chi connectivity index (χ2v) is 6.57. The maximum atomic E-state index is 11.3. The monoisotopic (exact) mass is 380 g/mol. The molecule has 11 heteroatoms. The fourth-order valence-corrected chi connectivity index (χ4v) is 2.53. The number of nitrogens with zero attached hydrogens (tertiary/aromatic N) is 2. The first-order chi connectivity index (χ1) is 12.2. The van der Waals surface area contributed by atoms with E-state index in [9.17, 15) is 23.6 Å². The SMILES string of the molecule is CCOc1ccc(C=NNc2ccc(S(N)(=O)=O)cc2[N+](=O)[O-])c(O)c1. The number of nitrogens with two attached hydrogens (primary N) is 1. The third kappa shape index (κ3) is 4.68. The number of anilines is 1. The summed E-state index contributed by atoms with van der Waals surface area (Å²) in [6, 6.07) is 7.73. The Labute approximate surface area is 149 Å². The molecule has 0 atom stereocenters. The first-order valence-electron chi connectivity index (χ1n) is 7.28. The summed E-state index contributed by atoms with van der Waals surface area (Å²) in [6.45, 7) is 2.26. The molecule has 2 aromatic carbocycles. The lowest BCUT2D eigenvalue weighted by atomic mass is 10.2. The smallest absolute Gasteiger partial charge is 0.295 e. The average Bonchev–Trinajstić information content (AvgIpc) is 2.56. The number of ether oxygens (including phenoxy) is 1. The molecule has 138 valence electrons. The quantitative estimate of drug-likeness (QED) is 0.375. The zero-order valence-corrected chi connectivity index (χ0v) is 14.4. The van der Waals surface area contributed by atoms with Gasteiger partial charge in [-0.25, -0.2) is 13.6 Å². The lowest BCUT2D eigenvalue weighted by Gasteiger charge is -2.06. The molecule has 0 heterocycles. The van der Waals surface area contributed by atoms with Gasteiger partial charge in [0.1, 0.15) is 17.2 Å². The van der Waals surface area contributed by atoms with Gasteiger partial charge in [-0.3, -0.25) is 15.5 Å². The van der Waals surface area contributed by atoms with Crippen molar-refractivity contribution >= 4 is 27.6 Å². The van der Waals surface area contributed by atoms with Gasteiger partial charge in [0.15, 0.2) is 0 Å². The van der Waals surface area contributed by atoms with E-state index in [1.807, 2.05) is 6.92 Å². The number of hydrazone groups is 1. The molecule has 0 saturated heterocycles. The van der Waals surface area contributed by atoms with E-state index in [0.29, 0.717) is 17.9 Å². The molecule has 0 bridgehead atoms. The van der Waals surface area contributed by atoms with Crippen molar-refractivity contribution in [3.8, 4) is 11.5 Å². The molecule has 26 heavy (non-hydrogen) atoms. The fraction of sp³-hybridized carbons (Fsp3) is 0.133. The third-order valence-corrected chi connectivity index (χ3v) is 4.11. The first-order valence-corrected chi connectivity index (χ1v) is 8.83. The number of benzene rings is 2. The number of phenolic OH excluding ortho intramolecular Hbond substituents is 1. The van der Waals surface area contributed by atoms with Gasteiger partial charge in [-0.15, -0.1) is 0 Å². The van der Waals surface area contributed by atoms with Crippen molar-refractivity contribution in [2.45, 2.75) is 11.8 Å². The van der Waals surface area contributed by atoms with Crippen LogP contribution in [0.25, 0.3) is 0 Å². The highest BCUT2D eigenvalue weighted by atomic mass is 32.2. The summed E-state index contributed by atoms with van der Waals surface area (Å²) >= 11 is 0. The van der Waals surface area contributed by atoms with E-state index in [0.717, 1.165) is 12.1 Å². The Bertz CT molecular complexity index is 959. The van der Waals surface area contributed by atoms with Crippen LogP contribution < -0.4 is 15.3 Å².